The van der Waals surface area contributed by atoms with E-state index < -0.39 is 30.2 Å². The molecule has 4 unspecified atom stereocenters. The van der Waals surface area contributed by atoms with Crippen LogP contribution in [0.1, 0.15) is 19.8 Å². The minimum absolute atomic E-state index is 0.310. The predicted molar refractivity (Wildman–Crippen MR) is 69.5 cm³/mol. The molecule has 1 fully saturated rings. The smallest absolute Gasteiger partial charge is 0.334 e. The summed E-state index contributed by atoms with van der Waals surface area (Å²) in [6, 6.07) is 0. The highest BCUT2D eigenvalue weighted by Gasteiger charge is 2.46. The first-order valence-electron chi connectivity index (χ1n) is 6.65. The first kappa shape index (κ1) is 13.1. The molecule has 5 heteroatoms. The van der Waals surface area contributed by atoms with Gasteiger partial charge in [0.2, 0.25) is 0 Å². The molecule has 1 aliphatic carbocycles. The molecule has 3 rings (SSSR count). The second-order valence-electron chi connectivity index (χ2n) is 5.45. The third-order valence-electron chi connectivity index (χ3n) is 4.13. The lowest BCUT2D eigenvalue weighted by molar-refractivity contribution is -0.141. The Morgan fingerprint density at radius 2 is 1.85 bits per heavy atom. The van der Waals surface area contributed by atoms with Crippen molar-refractivity contribution in [2.24, 2.45) is 5.92 Å². The molecule has 20 heavy (non-hydrogen) atoms. The van der Waals surface area contributed by atoms with Crippen LogP contribution in [0.4, 0.5) is 0 Å². The molecule has 5 nitrogen and oxygen atoms in total. The maximum absolute atomic E-state index is 11.8. The van der Waals surface area contributed by atoms with E-state index in [9.17, 15) is 14.7 Å². The van der Waals surface area contributed by atoms with Gasteiger partial charge in [0.05, 0.1) is 12.0 Å². The van der Waals surface area contributed by atoms with Crippen LogP contribution in [-0.4, -0.2) is 35.4 Å². The molecular formula is C15H16O5. The van der Waals surface area contributed by atoms with Gasteiger partial charge < -0.3 is 14.6 Å². The summed E-state index contributed by atoms with van der Waals surface area (Å²) in [5.74, 6) is -1.27. The zero-order valence-electron chi connectivity index (χ0n) is 11.2. The van der Waals surface area contributed by atoms with Crippen molar-refractivity contribution in [3.8, 4) is 0 Å². The van der Waals surface area contributed by atoms with Gasteiger partial charge in [-0.05, 0) is 37.5 Å². The lowest BCUT2D eigenvalue weighted by atomic mass is 9.87. The van der Waals surface area contributed by atoms with Gasteiger partial charge in [-0.1, -0.05) is 6.58 Å². The lowest BCUT2D eigenvalue weighted by Crippen LogP contribution is -2.28. The van der Waals surface area contributed by atoms with Gasteiger partial charge in [-0.25, -0.2) is 9.59 Å². The minimum atomic E-state index is -0.658. The van der Waals surface area contributed by atoms with Crippen molar-refractivity contribution in [3.63, 3.8) is 0 Å². The first-order chi connectivity index (χ1) is 9.47. The van der Waals surface area contributed by atoms with Gasteiger partial charge in [0.25, 0.3) is 0 Å². The lowest BCUT2D eigenvalue weighted by Gasteiger charge is -2.21. The first-order valence-corrected chi connectivity index (χ1v) is 6.65. The zero-order chi connectivity index (χ0) is 14.4. The fraction of sp³-hybridized carbons (Fsp3) is 0.467. The molecule has 2 aliphatic heterocycles. The Morgan fingerprint density at radius 1 is 1.20 bits per heavy atom. The second kappa shape index (κ2) is 4.59. The van der Waals surface area contributed by atoms with Gasteiger partial charge in [0.15, 0.2) is 0 Å². The highest BCUT2D eigenvalue weighted by atomic mass is 16.6. The molecule has 2 heterocycles. The van der Waals surface area contributed by atoms with Crippen LogP contribution in [0.3, 0.4) is 0 Å². The third kappa shape index (κ3) is 1.98. The zero-order valence-corrected chi connectivity index (χ0v) is 11.2. The standard InChI is InChI=1S/C15H16O5/c1-7-5-11-13(8(2)14(17)19-11)12-6-9(15(18)20-12)3-4-10(7)16/h5-6,10-13,16H,2-4H2,1H3. The van der Waals surface area contributed by atoms with Gasteiger partial charge in [-0.15, -0.1) is 0 Å². The van der Waals surface area contributed by atoms with Crippen LogP contribution in [0, 0.1) is 5.92 Å². The summed E-state index contributed by atoms with van der Waals surface area (Å²) >= 11 is 0. The Bertz CT molecular complexity index is 557. The van der Waals surface area contributed by atoms with Gasteiger partial charge in [-0.3, -0.25) is 0 Å². The Balaban J connectivity index is 2.02. The van der Waals surface area contributed by atoms with E-state index in [0.717, 1.165) is 5.57 Å². The number of hydrogen-bond acceptors (Lipinski definition) is 5. The van der Waals surface area contributed by atoms with Crippen molar-refractivity contribution in [1.82, 2.24) is 0 Å². The quantitative estimate of drug-likeness (QED) is 0.406. The average molecular weight is 276 g/mol. The average Bonchev–Trinajstić information content (AvgIpc) is 2.87. The number of aliphatic hydroxyl groups is 1. The van der Waals surface area contributed by atoms with Crippen molar-refractivity contribution in [2.45, 2.75) is 38.1 Å². The summed E-state index contributed by atoms with van der Waals surface area (Å²) in [4.78, 5) is 23.5. The van der Waals surface area contributed by atoms with Gasteiger partial charge >= 0.3 is 11.9 Å². The summed E-state index contributed by atoms with van der Waals surface area (Å²) in [7, 11) is 0. The van der Waals surface area contributed by atoms with E-state index in [1.54, 1.807) is 19.1 Å². The van der Waals surface area contributed by atoms with Crippen molar-refractivity contribution >= 4 is 11.9 Å². The largest absolute Gasteiger partial charge is 0.454 e. The van der Waals surface area contributed by atoms with Crippen LogP contribution >= 0.6 is 0 Å². The van der Waals surface area contributed by atoms with Crippen molar-refractivity contribution in [1.29, 1.82) is 0 Å². The number of aliphatic hydroxyl groups excluding tert-OH is 1. The van der Waals surface area contributed by atoms with Crippen LogP contribution in [0.25, 0.3) is 0 Å². The molecule has 1 saturated heterocycles. The van der Waals surface area contributed by atoms with Crippen LogP contribution in [0.5, 0.6) is 0 Å². The number of ether oxygens (including phenoxy) is 2. The molecule has 106 valence electrons. The van der Waals surface area contributed by atoms with E-state index in [2.05, 4.69) is 6.58 Å². The van der Waals surface area contributed by atoms with E-state index in [1.165, 1.54) is 0 Å². The topological polar surface area (TPSA) is 72.8 Å². The summed E-state index contributed by atoms with van der Waals surface area (Å²) < 4.78 is 10.6. The molecule has 0 saturated carbocycles. The summed E-state index contributed by atoms with van der Waals surface area (Å²) in [6.45, 7) is 5.53. The highest BCUT2D eigenvalue weighted by Crippen LogP contribution is 2.37. The van der Waals surface area contributed by atoms with Crippen LogP contribution in [-0.2, 0) is 19.1 Å². The number of carbonyl (C=O) groups is 2. The fourth-order valence-electron chi connectivity index (χ4n) is 2.88. The molecule has 0 amide bonds. The molecule has 0 aromatic heterocycles. The third-order valence-corrected chi connectivity index (χ3v) is 4.13. The fourth-order valence-corrected chi connectivity index (χ4v) is 2.88. The van der Waals surface area contributed by atoms with Gasteiger partial charge in [-0.2, -0.15) is 0 Å². The van der Waals surface area contributed by atoms with Crippen LogP contribution < -0.4 is 0 Å². The normalized spacial score (nSPS) is 36.8. The Kier molecular flexibility index (Phi) is 3.01. The number of hydrogen-bond donors (Lipinski definition) is 1. The molecule has 1 N–H and O–H groups in total. The van der Waals surface area contributed by atoms with Crippen LogP contribution in [0.2, 0.25) is 0 Å². The Morgan fingerprint density at radius 3 is 2.60 bits per heavy atom. The van der Waals surface area contributed by atoms with E-state index in [4.69, 9.17) is 9.47 Å². The molecule has 0 radical (unpaired) electrons. The van der Waals surface area contributed by atoms with E-state index in [-0.39, 0.29) is 5.97 Å². The monoisotopic (exact) mass is 276 g/mol. The minimum Gasteiger partial charge on any atom is -0.454 e. The molecule has 0 spiro atoms. The van der Waals surface area contributed by atoms with Gasteiger partial charge in [0, 0.05) is 11.1 Å². The van der Waals surface area contributed by atoms with Gasteiger partial charge in [0.1, 0.15) is 12.2 Å². The highest BCUT2D eigenvalue weighted by molar-refractivity contribution is 5.93. The van der Waals surface area contributed by atoms with Crippen molar-refractivity contribution in [2.75, 3.05) is 0 Å². The number of fused-ring (bicyclic) bond motifs is 3. The van der Waals surface area contributed by atoms with Crippen molar-refractivity contribution in [3.05, 3.63) is 35.5 Å². The Hall–Kier alpha value is -1.88. The predicted octanol–water partition coefficient (Wildman–Crippen LogP) is 1.04. The van der Waals surface area contributed by atoms with Crippen molar-refractivity contribution < 1.29 is 24.2 Å². The van der Waals surface area contributed by atoms with E-state index in [0.29, 0.717) is 24.0 Å². The summed E-state index contributed by atoms with van der Waals surface area (Å²) in [5, 5.41) is 10.1. The maximum Gasteiger partial charge on any atom is 0.334 e. The van der Waals surface area contributed by atoms with Crippen LogP contribution in [0.15, 0.2) is 35.5 Å². The number of carbonyl (C=O) groups excluding carboxylic acids is 2. The Labute approximate surface area is 116 Å². The molecule has 0 aromatic carbocycles. The molecule has 0 aromatic rings. The molecule has 3 aliphatic rings. The van der Waals surface area contributed by atoms with E-state index in [1.807, 2.05) is 0 Å². The second-order valence-corrected chi connectivity index (χ2v) is 5.45. The maximum atomic E-state index is 11.8. The summed E-state index contributed by atoms with van der Waals surface area (Å²) in [5.41, 5.74) is 1.59. The molecular weight excluding hydrogens is 260 g/mol. The number of rotatable bonds is 0. The number of esters is 2. The SMILES string of the molecule is C=C1C(=O)OC2C=C(C)C(O)CCC3=CC(OC3=O)C12. The summed E-state index contributed by atoms with van der Waals surface area (Å²) in [6.07, 6.45) is 2.65. The molecule has 4 atom stereocenters. The molecule has 2 bridgehead atoms. The van der Waals surface area contributed by atoms with E-state index >= 15 is 0 Å².